The number of nitro groups is 1. The fourth-order valence-electron chi connectivity index (χ4n) is 2.59. The molecule has 0 spiro atoms. The van der Waals surface area contributed by atoms with Gasteiger partial charge in [0.15, 0.2) is 8.68 Å². The summed E-state index contributed by atoms with van der Waals surface area (Å²) in [5, 5.41) is 19.1. The quantitative estimate of drug-likeness (QED) is 0.418. The van der Waals surface area contributed by atoms with E-state index in [4.69, 9.17) is 0 Å². The van der Waals surface area contributed by atoms with Gasteiger partial charge in [0.1, 0.15) is 0 Å². The van der Waals surface area contributed by atoms with Crippen LogP contribution in [0.2, 0.25) is 0 Å². The Balaban J connectivity index is 1.68. The highest BCUT2D eigenvalue weighted by Gasteiger charge is 2.24. The molecule has 132 valence electrons. The van der Waals surface area contributed by atoms with Gasteiger partial charge in [-0.05, 0) is 30.2 Å². The van der Waals surface area contributed by atoms with Crippen molar-refractivity contribution in [2.75, 3.05) is 23.0 Å². The summed E-state index contributed by atoms with van der Waals surface area (Å²) in [5.41, 5.74) is 1.70. The fraction of sp³-hybridized carbons (Fsp3) is 0.400. The van der Waals surface area contributed by atoms with Gasteiger partial charge in [0.25, 0.3) is 5.69 Å². The highest BCUT2D eigenvalue weighted by atomic mass is 32.2. The molecule has 0 radical (unpaired) electrons. The van der Waals surface area contributed by atoms with Crippen LogP contribution < -0.4 is 4.90 Å². The predicted molar refractivity (Wildman–Crippen MR) is 101 cm³/mol. The lowest BCUT2D eigenvalue weighted by Crippen LogP contribution is -2.36. The van der Waals surface area contributed by atoms with Gasteiger partial charge < -0.3 is 4.90 Å². The van der Waals surface area contributed by atoms with Gasteiger partial charge >= 0.3 is 0 Å². The average molecular weight is 397 g/mol. The molecule has 0 aliphatic carbocycles. The number of nitrogens with zero attached hydrogens (tertiary/aromatic N) is 4. The zero-order valence-corrected chi connectivity index (χ0v) is 16.0. The van der Waals surface area contributed by atoms with Gasteiger partial charge in [0.05, 0.1) is 10.7 Å². The topological polar surface area (TPSA) is 89.2 Å². The number of rotatable bonds is 6. The van der Waals surface area contributed by atoms with E-state index >= 15 is 0 Å². The number of nitro benzene ring substituents is 1. The zero-order valence-electron chi connectivity index (χ0n) is 13.5. The smallest absolute Gasteiger partial charge is 0.269 e. The van der Waals surface area contributed by atoms with Crippen LogP contribution in [0.4, 0.5) is 11.4 Å². The third kappa shape index (κ3) is 4.31. The van der Waals surface area contributed by atoms with Crippen molar-refractivity contribution in [3.05, 3.63) is 33.9 Å². The number of amides is 1. The van der Waals surface area contributed by atoms with Crippen molar-refractivity contribution in [2.45, 2.75) is 28.4 Å². The minimum absolute atomic E-state index is 0.0142. The SMILES string of the molecule is CCSc1nnc(SCC(=O)N2CCCc3cc([N+](=O)[O-])ccc32)s1. The molecule has 2 heterocycles. The molecule has 0 saturated carbocycles. The number of hydrogen-bond donors (Lipinski definition) is 0. The van der Waals surface area contributed by atoms with Gasteiger partial charge in [-0.25, -0.2) is 0 Å². The predicted octanol–water partition coefficient (Wildman–Crippen LogP) is 3.63. The lowest BCUT2D eigenvalue weighted by Gasteiger charge is -2.29. The minimum atomic E-state index is -0.405. The van der Waals surface area contributed by atoms with Crippen LogP contribution >= 0.6 is 34.9 Å². The molecule has 7 nitrogen and oxygen atoms in total. The number of carbonyl (C=O) groups is 1. The number of benzene rings is 1. The van der Waals surface area contributed by atoms with E-state index < -0.39 is 4.92 Å². The Bertz CT molecular complexity index is 796. The van der Waals surface area contributed by atoms with Crippen LogP contribution in [0.15, 0.2) is 26.9 Å². The number of non-ortho nitro benzene ring substituents is 1. The van der Waals surface area contributed by atoms with E-state index in [1.54, 1.807) is 28.8 Å². The van der Waals surface area contributed by atoms with E-state index in [9.17, 15) is 14.9 Å². The largest absolute Gasteiger partial charge is 0.311 e. The third-order valence-corrected chi connectivity index (χ3v) is 6.73. The number of carbonyl (C=O) groups excluding carboxylic acids is 1. The molecule has 10 heteroatoms. The zero-order chi connectivity index (χ0) is 17.8. The van der Waals surface area contributed by atoms with E-state index in [1.807, 2.05) is 0 Å². The summed E-state index contributed by atoms with van der Waals surface area (Å²) in [6.45, 7) is 2.69. The highest BCUT2D eigenvalue weighted by Crippen LogP contribution is 2.32. The Morgan fingerprint density at radius 2 is 2.12 bits per heavy atom. The second kappa shape index (κ2) is 8.15. The fourth-order valence-corrected chi connectivity index (χ4v) is 5.39. The van der Waals surface area contributed by atoms with Crippen molar-refractivity contribution >= 4 is 52.1 Å². The maximum Gasteiger partial charge on any atom is 0.269 e. The maximum atomic E-state index is 12.6. The summed E-state index contributed by atoms with van der Waals surface area (Å²) < 4.78 is 1.69. The van der Waals surface area contributed by atoms with Crippen molar-refractivity contribution in [1.82, 2.24) is 10.2 Å². The molecule has 1 aliphatic rings. The van der Waals surface area contributed by atoms with Crippen LogP contribution in [-0.4, -0.2) is 39.1 Å². The summed E-state index contributed by atoms with van der Waals surface area (Å²) in [4.78, 5) is 24.8. The van der Waals surface area contributed by atoms with Crippen LogP contribution in [-0.2, 0) is 11.2 Å². The standard InChI is InChI=1S/C15H16N4O3S3/c1-2-23-14-16-17-15(25-14)24-9-13(20)18-7-3-4-10-8-11(19(21)22)5-6-12(10)18/h5-6,8H,2-4,7,9H2,1H3. The first-order chi connectivity index (χ1) is 12.1. The number of aromatic nitrogens is 2. The molecule has 1 aromatic carbocycles. The van der Waals surface area contributed by atoms with Crippen molar-refractivity contribution in [2.24, 2.45) is 0 Å². The summed E-state index contributed by atoms with van der Waals surface area (Å²) in [6.07, 6.45) is 1.56. The first-order valence-corrected chi connectivity index (χ1v) is 10.5. The maximum absolute atomic E-state index is 12.6. The van der Waals surface area contributed by atoms with Crippen LogP contribution in [0.3, 0.4) is 0 Å². The molecular formula is C15H16N4O3S3. The summed E-state index contributed by atoms with van der Waals surface area (Å²) in [7, 11) is 0. The van der Waals surface area contributed by atoms with Crippen LogP contribution in [0.25, 0.3) is 0 Å². The third-order valence-electron chi connectivity index (χ3n) is 3.67. The second-order valence-electron chi connectivity index (χ2n) is 5.27. The Morgan fingerprint density at radius 3 is 2.84 bits per heavy atom. The van der Waals surface area contributed by atoms with Gasteiger partial charge in [-0.2, -0.15) is 0 Å². The molecular weight excluding hydrogens is 380 g/mol. The van der Waals surface area contributed by atoms with Gasteiger partial charge in [-0.15, -0.1) is 10.2 Å². The van der Waals surface area contributed by atoms with E-state index in [0.717, 1.165) is 38.5 Å². The van der Waals surface area contributed by atoms with Crippen LogP contribution in [0.5, 0.6) is 0 Å². The highest BCUT2D eigenvalue weighted by molar-refractivity contribution is 8.03. The normalized spacial score (nSPS) is 13.6. The van der Waals surface area contributed by atoms with Gasteiger partial charge in [-0.3, -0.25) is 14.9 Å². The molecule has 25 heavy (non-hydrogen) atoms. The molecule has 0 N–H and O–H groups in total. The number of thioether (sulfide) groups is 2. The Kier molecular flexibility index (Phi) is 5.92. The molecule has 1 aromatic heterocycles. The Labute approximate surface area is 157 Å². The molecule has 0 atom stereocenters. The molecule has 2 aromatic rings. The van der Waals surface area contributed by atoms with Crippen molar-refractivity contribution < 1.29 is 9.72 Å². The van der Waals surface area contributed by atoms with E-state index in [0.29, 0.717) is 6.54 Å². The van der Waals surface area contributed by atoms with Crippen molar-refractivity contribution in [3.63, 3.8) is 0 Å². The van der Waals surface area contributed by atoms with E-state index in [1.165, 1.54) is 29.2 Å². The summed E-state index contributed by atoms with van der Waals surface area (Å²) >= 11 is 4.51. The Hall–Kier alpha value is -1.65. The summed E-state index contributed by atoms with van der Waals surface area (Å²) in [5.74, 6) is 1.20. The lowest BCUT2D eigenvalue weighted by molar-refractivity contribution is -0.384. The average Bonchev–Trinajstić information content (AvgIpc) is 3.06. The number of aryl methyl sites for hydroxylation is 1. The lowest BCUT2D eigenvalue weighted by atomic mass is 10.0. The molecule has 0 fully saturated rings. The molecule has 1 aliphatic heterocycles. The first-order valence-electron chi connectivity index (χ1n) is 7.75. The molecule has 1 amide bonds. The van der Waals surface area contributed by atoms with Crippen LogP contribution in [0, 0.1) is 10.1 Å². The van der Waals surface area contributed by atoms with Crippen molar-refractivity contribution in [3.8, 4) is 0 Å². The van der Waals surface area contributed by atoms with Gasteiger partial charge in [0.2, 0.25) is 5.91 Å². The van der Waals surface area contributed by atoms with Crippen molar-refractivity contribution in [1.29, 1.82) is 0 Å². The second-order valence-corrected chi connectivity index (χ2v) is 8.99. The van der Waals surface area contributed by atoms with Crippen LogP contribution in [0.1, 0.15) is 18.9 Å². The van der Waals surface area contributed by atoms with E-state index in [2.05, 4.69) is 17.1 Å². The monoisotopic (exact) mass is 396 g/mol. The molecule has 0 saturated heterocycles. The minimum Gasteiger partial charge on any atom is -0.311 e. The van der Waals surface area contributed by atoms with Gasteiger partial charge in [-0.1, -0.05) is 41.8 Å². The first kappa shape index (κ1) is 18.2. The Morgan fingerprint density at radius 1 is 1.36 bits per heavy atom. The summed E-state index contributed by atoms with van der Waals surface area (Å²) in [6, 6.07) is 4.70. The number of hydrogen-bond acceptors (Lipinski definition) is 8. The number of fused-ring (bicyclic) bond motifs is 1. The number of anilines is 1. The molecule has 0 unspecified atom stereocenters. The van der Waals surface area contributed by atoms with E-state index in [-0.39, 0.29) is 17.3 Å². The molecule has 3 rings (SSSR count). The van der Waals surface area contributed by atoms with Gasteiger partial charge in [0, 0.05) is 24.4 Å². The molecule has 0 bridgehead atoms.